The Kier molecular flexibility index (Phi) is 3.92. The second-order valence-electron chi connectivity index (χ2n) is 4.64. The quantitative estimate of drug-likeness (QED) is 0.772. The summed E-state index contributed by atoms with van der Waals surface area (Å²) in [6.07, 6.45) is 2.08. The van der Waals surface area contributed by atoms with Gasteiger partial charge in [-0.05, 0) is 37.0 Å². The minimum absolute atomic E-state index is 0.0580. The highest BCUT2D eigenvalue weighted by atomic mass is 35.7. The van der Waals surface area contributed by atoms with Crippen molar-refractivity contribution in [3.63, 3.8) is 0 Å². The summed E-state index contributed by atoms with van der Waals surface area (Å²) in [5.74, 6) is 0.416. The molecule has 19 heavy (non-hydrogen) atoms. The van der Waals surface area contributed by atoms with E-state index in [1.54, 1.807) is 0 Å². The Balaban J connectivity index is 2.34. The van der Waals surface area contributed by atoms with E-state index in [0.29, 0.717) is 12.5 Å². The standard InChI is InChI=1S/C11H14ClNO4S2/c1-13(8-9-5-6-9)19(16,17)11-4-2-3-10(7-11)18(12,14)15/h2-4,7,9H,5-6,8H2,1H3. The Morgan fingerprint density at radius 2 is 1.79 bits per heavy atom. The molecule has 5 nitrogen and oxygen atoms in total. The zero-order chi connectivity index (χ0) is 14.3. The van der Waals surface area contributed by atoms with Gasteiger partial charge in [-0.1, -0.05) is 6.07 Å². The van der Waals surface area contributed by atoms with Crippen molar-refractivity contribution in [3.8, 4) is 0 Å². The molecule has 0 N–H and O–H groups in total. The van der Waals surface area contributed by atoms with E-state index in [1.807, 2.05) is 0 Å². The van der Waals surface area contributed by atoms with Crippen molar-refractivity contribution in [2.75, 3.05) is 13.6 Å². The molecule has 1 aromatic carbocycles. The lowest BCUT2D eigenvalue weighted by Gasteiger charge is -2.17. The van der Waals surface area contributed by atoms with E-state index in [0.717, 1.165) is 18.9 Å². The van der Waals surface area contributed by atoms with E-state index in [1.165, 1.54) is 29.6 Å². The average molecular weight is 324 g/mol. The molecule has 0 aromatic heterocycles. The first-order chi connectivity index (χ1) is 8.71. The summed E-state index contributed by atoms with van der Waals surface area (Å²) in [5.41, 5.74) is 0. The Hall–Kier alpha value is -0.630. The van der Waals surface area contributed by atoms with E-state index in [2.05, 4.69) is 0 Å². The molecular weight excluding hydrogens is 310 g/mol. The van der Waals surface area contributed by atoms with Gasteiger partial charge in [-0.15, -0.1) is 0 Å². The Morgan fingerprint density at radius 1 is 1.21 bits per heavy atom. The van der Waals surface area contributed by atoms with E-state index >= 15 is 0 Å². The number of rotatable bonds is 5. The molecule has 0 saturated heterocycles. The molecule has 8 heteroatoms. The van der Waals surface area contributed by atoms with Crippen LogP contribution in [0.15, 0.2) is 34.1 Å². The summed E-state index contributed by atoms with van der Waals surface area (Å²) < 4.78 is 48.2. The van der Waals surface area contributed by atoms with Gasteiger partial charge in [-0.25, -0.2) is 21.1 Å². The molecule has 0 amide bonds. The molecule has 1 aromatic rings. The zero-order valence-corrected chi connectivity index (χ0v) is 12.7. The predicted octanol–water partition coefficient (Wildman–Crippen LogP) is 1.64. The summed E-state index contributed by atoms with van der Waals surface area (Å²) in [6, 6.07) is 5.08. The number of hydrogen-bond donors (Lipinski definition) is 0. The maximum atomic E-state index is 12.3. The van der Waals surface area contributed by atoms with Gasteiger partial charge in [0.05, 0.1) is 9.79 Å². The van der Waals surface area contributed by atoms with Crippen LogP contribution in [0.3, 0.4) is 0 Å². The van der Waals surface area contributed by atoms with Crippen LogP contribution in [0.2, 0.25) is 0 Å². The minimum Gasteiger partial charge on any atom is -0.207 e. The molecule has 0 unspecified atom stereocenters. The van der Waals surface area contributed by atoms with Crippen LogP contribution in [0.4, 0.5) is 0 Å². The van der Waals surface area contributed by atoms with E-state index < -0.39 is 19.1 Å². The lowest BCUT2D eigenvalue weighted by molar-refractivity contribution is 0.452. The van der Waals surface area contributed by atoms with Gasteiger partial charge in [0.1, 0.15) is 0 Å². The van der Waals surface area contributed by atoms with Crippen molar-refractivity contribution in [1.82, 2.24) is 4.31 Å². The smallest absolute Gasteiger partial charge is 0.207 e. The van der Waals surface area contributed by atoms with Gasteiger partial charge in [-0.2, -0.15) is 0 Å². The van der Waals surface area contributed by atoms with Gasteiger partial charge >= 0.3 is 0 Å². The normalized spacial score (nSPS) is 16.8. The van der Waals surface area contributed by atoms with Gasteiger partial charge in [0.25, 0.3) is 9.05 Å². The van der Waals surface area contributed by atoms with Crippen molar-refractivity contribution in [2.24, 2.45) is 5.92 Å². The molecule has 2 rings (SSSR count). The molecule has 1 aliphatic rings. The third kappa shape index (κ3) is 3.47. The van der Waals surface area contributed by atoms with Crippen molar-refractivity contribution >= 4 is 29.8 Å². The maximum Gasteiger partial charge on any atom is 0.261 e. The molecule has 0 heterocycles. The second-order valence-corrected chi connectivity index (χ2v) is 9.25. The highest BCUT2D eigenvalue weighted by Gasteiger charge is 2.29. The topological polar surface area (TPSA) is 71.5 Å². The number of benzene rings is 1. The third-order valence-electron chi connectivity index (χ3n) is 3.01. The number of hydrogen-bond acceptors (Lipinski definition) is 4. The van der Waals surface area contributed by atoms with Crippen LogP contribution < -0.4 is 0 Å². The molecule has 1 fully saturated rings. The lowest BCUT2D eigenvalue weighted by Crippen LogP contribution is -2.29. The SMILES string of the molecule is CN(CC1CC1)S(=O)(=O)c1cccc(S(=O)(=O)Cl)c1. The van der Waals surface area contributed by atoms with Crippen LogP contribution in [-0.4, -0.2) is 34.7 Å². The number of sulfonamides is 1. The van der Waals surface area contributed by atoms with Crippen LogP contribution >= 0.6 is 10.7 Å². The molecular formula is C11H14ClNO4S2. The maximum absolute atomic E-state index is 12.3. The first-order valence-corrected chi connectivity index (χ1v) is 9.47. The van der Waals surface area contributed by atoms with Gasteiger partial charge in [-0.3, -0.25) is 0 Å². The molecule has 1 saturated carbocycles. The second kappa shape index (κ2) is 5.05. The summed E-state index contributed by atoms with van der Waals surface area (Å²) >= 11 is 0. The molecule has 106 valence electrons. The van der Waals surface area contributed by atoms with Gasteiger partial charge in [0.2, 0.25) is 10.0 Å². The predicted molar refractivity (Wildman–Crippen MR) is 72.0 cm³/mol. The zero-order valence-electron chi connectivity index (χ0n) is 10.3. The molecule has 0 spiro atoms. The molecule has 0 bridgehead atoms. The average Bonchev–Trinajstić information content (AvgIpc) is 3.12. The monoisotopic (exact) mass is 323 g/mol. The Morgan fingerprint density at radius 3 is 2.32 bits per heavy atom. The van der Waals surface area contributed by atoms with Gasteiger partial charge in [0, 0.05) is 24.3 Å². The van der Waals surface area contributed by atoms with E-state index in [4.69, 9.17) is 10.7 Å². The summed E-state index contributed by atoms with van der Waals surface area (Å²) in [5, 5.41) is 0. The number of nitrogens with zero attached hydrogens (tertiary/aromatic N) is 1. The third-order valence-corrected chi connectivity index (χ3v) is 6.18. The van der Waals surface area contributed by atoms with Crippen LogP contribution in [0, 0.1) is 5.92 Å². The Bertz CT molecular complexity index is 680. The number of halogens is 1. The minimum atomic E-state index is -3.93. The van der Waals surface area contributed by atoms with Crippen LogP contribution in [-0.2, 0) is 19.1 Å². The van der Waals surface area contributed by atoms with Crippen LogP contribution in [0.1, 0.15) is 12.8 Å². The summed E-state index contributed by atoms with van der Waals surface area (Å²) in [4.78, 5) is -0.271. The fraction of sp³-hybridized carbons (Fsp3) is 0.455. The van der Waals surface area contributed by atoms with Gasteiger partial charge < -0.3 is 0 Å². The van der Waals surface area contributed by atoms with Crippen molar-refractivity contribution in [1.29, 1.82) is 0 Å². The fourth-order valence-electron chi connectivity index (χ4n) is 1.73. The highest BCUT2D eigenvalue weighted by Crippen LogP contribution is 2.31. The molecule has 1 aliphatic carbocycles. The lowest BCUT2D eigenvalue weighted by atomic mass is 10.4. The summed E-state index contributed by atoms with van der Waals surface area (Å²) in [6.45, 7) is 0.459. The van der Waals surface area contributed by atoms with Gasteiger partial charge in [0.15, 0.2) is 0 Å². The van der Waals surface area contributed by atoms with Crippen LogP contribution in [0.25, 0.3) is 0 Å². The first-order valence-electron chi connectivity index (χ1n) is 5.72. The van der Waals surface area contributed by atoms with Crippen molar-refractivity contribution in [2.45, 2.75) is 22.6 Å². The van der Waals surface area contributed by atoms with E-state index in [-0.39, 0.29) is 9.79 Å². The van der Waals surface area contributed by atoms with Crippen LogP contribution in [0.5, 0.6) is 0 Å². The summed E-state index contributed by atoms with van der Waals surface area (Å²) in [7, 11) is -0.885. The van der Waals surface area contributed by atoms with E-state index in [9.17, 15) is 16.8 Å². The first kappa shape index (κ1) is 14.8. The molecule has 0 atom stereocenters. The largest absolute Gasteiger partial charge is 0.261 e. The Labute approximate surface area is 117 Å². The van der Waals surface area contributed by atoms with Crippen molar-refractivity contribution < 1.29 is 16.8 Å². The highest BCUT2D eigenvalue weighted by molar-refractivity contribution is 8.13. The molecule has 0 aliphatic heterocycles. The molecule has 0 radical (unpaired) electrons. The fourth-order valence-corrected chi connectivity index (χ4v) is 3.89. The van der Waals surface area contributed by atoms with Crippen molar-refractivity contribution in [3.05, 3.63) is 24.3 Å².